The van der Waals surface area contributed by atoms with E-state index in [2.05, 4.69) is 0 Å². The molecule has 1 aliphatic heterocycles. The average molecular weight is 521 g/mol. The van der Waals surface area contributed by atoms with Gasteiger partial charge in [0.15, 0.2) is 46.2 Å². The van der Waals surface area contributed by atoms with E-state index in [1.165, 1.54) is 6.07 Å². The number of fused-ring (bicyclic) bond motifs is 4. The monoisotopic (exact) mass is 521 g/mol. The molecule has 38 heavy (non-hydrogen) atoms. The Labute approximate surface area is 215 Å². The molecule has 2 fully saturated rings. The van der Waals surface area contributed by atoms with Crippen LogP contribution in [0, 0.1) is 23.7 Å². The van der Waals surface area contributed by atoms with Crippen LogP contribution in [0.3, 0.4) is 0 Å². The maximum absolute atomic E-state index is 13.8. The summed E-state index contributed by atoms with van der Waals surface area (Å²) in [6.45, 7) is 1.72. The second kappa shape index (κ2) is 7.95. The van der Waals surface area contributed by atoms with Crippen molar-refractivity contribution in [2.75, 3.05) is 6.79 Å². The Kier molecular flexibility index (Phi) is 5.08. The molecular formula is C27H23NO10. The molecule has 5 N–H and O–H groups in total. The van der Waals surface area contributed by atoms with Crippen LogP contribution in [0.25, 0.3) is 11.1 Å². The molecule has 2 aromatic carbocycles. The number of aromatic hydroxyl groups is 1. The lowest BCUT2D eigenvalue weighted by molar-refractivity contribution is -0.189. The summed E-state index contributed by atoms with van der Waals surface area (Å²) >= 11 is 0. The molecule has 0 bridgehead atoms. The lowest BCUT2D eigenvalue weighted by Crippen LogP contribution is -2.72. The molecule has 1 heterocycles. The number of aliphatic hydroxyl groups is 2. The van der Waals surface area contributed by atoms with Gasteiger partial charge in [0.1, 0.15) is 5.75 Å². The van der Waals surface area contributed by atoms with Gasteiger partial charge in [-0.1, -0.05) is 19.1 Å². The number of phenols is 1. The van der Waals surface area contributed by atoms with E-state index in [1.54, 1.807) is 31.2 Å². The fourth-order valence-corrected chi connectivity index (χ4v) is 6.75. The summed E-state index contributed by atoms with van der Waals surface area (Å²) in [6, 6.07) is 8.06. The number of nitrogens with two attached hydrogens (primary N) is 1. The van der Waals surface area contributed by atoms with Crippen molar-refractivity contribution >= 4 is 29.0 Å². The summed E-state index contributed by atoms with van der Waals surface area (Å²) in [5, 5.41) is 33.5. The molecule has 0 spiro atoms. The first kappa shape index (κ1) is 24.3. The third-order valence-electron chi connectivity index (χ3n) is 8.52. The third-order valence-corrected chi connectivity index (χ3v) is 8.52. The fourth-order valence-electron chi connectivity index (χ4n) is 6.75. The summed E-state index contributed by atoms with van der Waals surface area (Å²) in [4.78, 5) is 65.1. The van der Waals surface area contributed by atoms with Gasteiger partial charge in [-0.25, -0.2) is 0 Å². The molecule has 0 aromatic heterocycles. The van der Waals surface area contributed by atoms with Crippen molar-refractivity contribution in [3.8, 4) is 28.4 Å². The van der Waals surface area contributed by atoms with Crippen LogP contribution in [0.5, 0.6) is 17.2 Å². The van der Waals surface area contributed by atoms with Gasteiger partial charge < -0.3 is 30.5 Å². The van der Waals surface area contributed by atoms with Crippen molar-refractivity contribution in [3.63, 3.8) is 0 Å². The molecular weight excluding hydrogens is 498 g/mol. The highest BCUT2D eigenvalue weighted by Crippen LogP contribution is 2.55. The number of ether oxygens (including phenoxy) is 2. The minimum absolute atomic E-state index is 0.0533. The van der Waals surface area contributed by atoms with E-state index in [1.807, 2.05) is 0 Å². The van der Waals surface area contributed by atoms with Crippen LogP contribution in [0.2, 0.25) is 0 Å². The zero-order valence-electron chi connectivity index (χ0n) is 20.0. The standard InChI is InChI=1S/C27H23NO10/c1-9-17-11(10-2-5-15-16(6-10)38-8-37-15)3-4-13(29)19(17)23(32)21-18(9)22(31)12-7-14(30)20(26(28)35)24(33)27(12,36)25(21)34/h2-6,9,12,18,20-22,29,31,36H,7-8H2,1H3,(H2,28,35)/t9-,12+,18+,20?,21?,22+,27+/m0/s1. The predicted octanol–water partition coefficient (Wildman–Crippen LogP) is 0.254. The molecule has 2 unspecified atom stereocenters. The predicted molar refractivity (Wildman–Crippen MR) is 126 cm³/mol. The maximum Gasteiger partial charge on any atom is 0.235 e. The van der Waals surface area contributed by atoms with Gasteiger partial charge in [0.2, 0.25) is 12.7 Å². The molecule has 6 rings (SSSR count). The SMILES string of the molecule is C[C@H]1c2c(-c3ccc4c(c3)OCO4)ccc(O)c2C(=O)C2C(=O)[C@]3(O)C(=O)C(C(N)=O)C(=O)C[C@@H]3[C@@H](O)[C@@H]21. The van der Waals surface area contributed by atoms with Crippen molar-refractivity contribution < 1.29 is 48.8 Å². The van der Waals surface area contributed by atoms with E-state index in [4.69, 9.17) is 15.2 Å². The Morgan fingerprint density at radius 3 is 2.47 bits per heavy atom. The van der Waals surface area contributed by atoms with Crippen LogP contribution < -0.4 is 15.2 Å². The average Bonchev–Trinajstić information content (AvgIpc) is 3.34. The normalized spacial score (nSPS) is 33.4. The van der Waals surface area contributed by atoms with Crippen LogP contribution in [0.1, 0.15) is 35.2 Å². The first-order chi connectivity index (χ1) is 18.0. The number of benzene rings is 2. The zero-order chi connectivity index (χ0) is 27.3. The topological polar surface area (TPSA) is 191 Å². The van der Waals surface area contributed by atoms with E-state index < -0.39 is 82.5 Å². The van der Waals surface area contributed by atoms with Gasteiger partial charge in [0, 0.05) is 18.3 Å². The quantitative estimate of drug-likeness (QED) is 0.399. The van der Waals surface area contributed by atoms with Gasteiger partial charge >= 0.3 is 0 Å². The lowest BCUT2D eigenvalue weighted by atomic mass is 9.50. The van der Waals surface area contributed by atoms with Gasteiger partial charge in [-0.15, -0.1) is 0 Å². The number of phenolic OH excluding ortho intramolecular Hbond substituents is 1. The number of carbonyl (C=O) groups is 5. The van der Waals surface area contributed by atoms with E-state index in [9.17, 15) is 39.3 Å². The van der Waals surface area contributed by atoms with Crippen LogP contribution >= 0.6 is 0 Å². The molecule has 1 amide bonds. The van der Waals surface area contributed by atoms with Gasteiger partial charge in [-0.2, -0.15) is 0 Å². The summed E-state index contributed by atoms with van der Waals surface area (Å²) < 4.78 is 10.8. The summed E-state index contributed by atoms with van der Waals surface area (Å²) in [5.41, 5.74) is 3.62. The molecule has 196 valence electrons. The molecule has 11 nitrogen and oxygen atoms in total. The molecule has 3 aliphatic carbocycles. The highest BCUT2D eigenvalue weighted by molar-refractivity contribution is 6.31. The maximum atomic E-state index is 13.8. The van der Waals surface area contributed by atoms with Crippen LogP contribution in [-0.4, -0.2) is 62.9 Å². The van der Waals surface area contributed by atoms with Crippen LogP contribution in [-0.2, 0) is 19.2 Å². The van der Waals surface area contributed by atoms with Crippen LogP contribution in [0.4, 0.5) is 0 Å². The van der Waals surface area contributed by atoms with Gasteiger partial charge in [-0.05, 0) is 40.8 Å². The van der Waals surface area contributed by atoms with Crippen LogP contribution in [0.15, 0.2) is 30.3 Å². The van der Waals surface area contributed by atoms with Gasteiger partial charge in [-0.3, -0.25) is 24.0 Å². The van der Waals surface area contributed by atoms with Crippen molar-refractivity contribution in [2.45, 2.75) is 31.0 Å². The van der Waals surface area contributed by atoms with Gasteiger partial charge in [0.05, 0.1) is 17.6 Å². The van der Waals surface area contributed by atoms with Gasteiger partial charge in [0.25, 0.3) is 0 Å². The minimum atomic E-state index is -2.95. The number of aliphatic hydroxyl groups excluding tert-OH is 1. The molecule has 0 radical (unpaired) electrons. The smallest absolute Gasteiger partial charge is 0.235 e. The van der Waals surface area contributed by atoms with Crippen molar-refractivity contribution in [1.82, 2.24) is 0 Å². The fraction of sp³-hybridized carbons (Fsp3) is 0.370. The number of Topliss-reactive ketones (excluding diaryl/α,β-unsaturated/α-hetero) is 4. The van der Waals surface area contributed by atoms with E-state index >= 15 is 0 Å². The van der Waals surface area contributed by atoms with E-state index in [-0.39, 0.29) is 12.4 Å². The Balaban J connectivity index is 1.52. The number of ketones is 4. The van der Waals surface area contributed by atoms with E-state index in [0.29, 0.717) is 28.2 Å². The molecule has 11 heteroatoms. The zero-order valence-corrected chi connectivity index (χ0v) is 20.0. The van der Waals surface area contributed by atoms with E-state index in [0.717, 1.165) is 0 Å². The Bertz CT molecular complexity index is 1480. The number of hydrogen-bond donors (Lipinski definition) is 4. The molecule has 2 aromatic rings. The van der Waals surface area contributed by atoms with Crippen molar-refractivity contribution in [1.29, 1.82) is 0 Å². The van der Waals surface area contributed by atoms with Crippen molar-refractivity contribution in [3.05, 3.63) is 41.5 Å². The largest absolute Gasteiger partial charge is 0.507 e. The second-order valence-corrected chi connectivity index (χ2v) is 10.3. The minimum Gasteiger partial charge on any atom is -0.507 e. The Morgan fingerprint density at radius 1 is 1.05 bits per heavy atom. The first-order valence-corrected chi connectivity index (χ1v) is 12.1. The number of amides is 1. The van der Waals surface area contributed by atoms with Crippen molar-refractivity contribution in [2.24, 2.45) is 29.4 Å². The highest BCUT2D eigenvalue weighted by Gasteiger charge is 2.70. The highest BCUT2D eigenvalue weighted by atomic mass is 16.7. The molecule has 4 aliphatic rings. The summed E-state index contributed by atoms with van der Waals surface area (Å²) in [7, 11) is 0. The number of primary amides is 1. The number of carbonyl (C=O) groups excluding carboxylic acids is 5. The Morgan fingerprint density at radius 2 is 1.76 bits per heavy atom. The number of rotatable bonds is 2. The Hall–Kier alpha value is -4.09. The number of hydrogen-bond acceptors (Lipinski definition) is 10. The summed E-state index contributed by atoms with van der Waals surface area (Å²) in [5.74, 6) is -12.3. The second-order valence-electron chi connectivity index (χ2n) is 10.3. The molecule has 7 atom stereocenters. The lowest BCUT2D eigenvalue weighted by Gasteiger charge is -2.53. The molecule has 0 saturated heterocycles. The first-order valence-electron chi connectivity index (χ1n) is 12.1. The third kappa shape index (κ3) is 2.94. The molecule has 2 saturated carbocycles. The summed E-state index contributed by atoms with van der Waals surface area (Å²) in [6.07, 6.45) is -2.28.